The van der Waals surface area contributed by atoms with Gasteiger partial charge in [-0.25, -0.2) is 0 Å². The zero-order valence-corrected chi connectivity index (χ0v) is 27.5. The lowest BCUT2D eigenvalue weighted by atomic mass is 10.1. The molecule has 12 heteroatoms. The van der Waals surface area contributed by atoms with Crippen LogP contribution in [0.4, 0.5) is 5.69 Å². The zero-order chi connectivity index (χ0) is 31.5. The molecule has 2 amide bonds. The number of benzene rings is 2. The van der Waals surface area contributed by atoms with Gasteiger partial charge in [0.05, 0.1) is 54.3 Å². The maximum atomic E-state index is 13.8. The number of likely N-dealkylation sites (tertiary alicyclic amines) is 1. The van der Waals surface area contributed by atoms with Crippen molar-refractivity contribution in [3.63, 3.8) is 0 Å². The second-order valence-corrected chi connectivity index (χ2v) is 13.1. The van der Waals surface area contributed by atoms with E-state index in [9.17, 15) is 14.4 Å². The van der Waals surface area contributed by atoms with Gasteiger partial charge in [-0.2, -0.15) is 0 Å². The Kier molecular flexibility index (Phi) is 10.1. The lowest BCUT2D eigenvalue weighted by Crippen LogP contribution is -2.44. The van der Waals surface area contributed by atoms with Crippen LogP contribution in [0.15, 0.2) is 53.7 Å². The predicted molar refractivity (Wildman–Crippen MR) is 175 cm³/mol. The molecule has 9 nitrogen and oxygen atoms in total. The van der Waals surface area contributed by atoms with Crippen molar-refractivity contribution in [1.82, 2.24) is 14.4 Å². The molecule has 1 fully saturated rings. The Hall–Kier alpha value is -3.18. The van der Waals surface area contributed by atoms with Crippen molar-refractivity contribution in [2.24, 2.45) is 7.05 Å². The second kappa shape index (κ2) is 13.9. The molecule has 44 heavy (non-hydrogen) atoms. The molecular weight excluding hydrogens is 623 g/mol. The first-order chi connectivity index (χ1) is 21.0. The van der Waals surface area contributed by atoms with Gasteiger partial charge in [-0.15, -0.1) is 11.8 Å². The number of thioether (sulfide) groups is 1. The van der Waals surface area contributed by atoms with Crippen molar-refractivity contribution in [3.8, 4) is 0 Å². The van der Waals surface area contributed by atoms with Crippen molar-refractivity contribution in [1.29, 1.82) is 0 Å². The van der Waals surface area contributed by atoms with E-state index in [0.717, 1.165) is 15.8 Å². The van der Waals surface area contributed by atoms with Crippen LogP contribution in [-0.4, -0.2) is 70.1 Å². The third-order valence-corrected chi connectivity index (χ3v) is 9.55. The molecule has 0 bridgehead atoms. The summed E-state index contributed by atoms with van der Waals surface area (Å²) in [6.07, 6.45) is 5.16. The van der Waals surface area contributed by atoms with Crippen molar-refractivity contribution >= 4 is 69.3 Å². The van der Waals surface area contributed by atoms with Crippen LogP contribution in [0.3, 0.4) is 0 Å². The third kappa shape index (κ3) is 7.20. The molecule has 0 saturated carbocycles. The van der Waals surface area contributed by atoms with E-state index in [2.05, 4.69) is 10.2 Å². The number of anilines is 1. The molecule has 0 aliphatic carbocycles. The first-order valence-corrected chi connectivity index (χ1v) is 16.2. The van der Waals surface area contributed by atoms with Crippen LogP contribution in [0.5, 0.6) is 0 Å². The molecule has 0 radical (unpaired) electrons. The number of esters is 1. The second-order valence-electron chi connectivity index (χ2n) is 11.3. The van der Waals surface area contributed by atoms with Crippen LogP contribution in [0.1, 0.15) is 49.0 Å². The number of amides is 2. The highest BCUT2D eigenvalue weighted by Crippen LogP contribution is 2.36. The van der Waals surface area contributed by atoms with E-state index in [1.54, 1.807) is 30.1 Å². The number of fused-ring (bicyclic) bond motifs is 1. The minimum Gasteiger partial charge on any atom is -0.469 e. The SMILES string of the molecule is COC(=O)CCC1=CN(C2C[C@H](OC(C)C)CN2C(=O)Cc2cc(Cl)c(NC(=O)c3cn(C)c4ccccc34)cc2Cl)CS1. The quantitative estimate of drug-likeness (QED) is 0.251. The minimum atomic E-state index is -0.304. The van der Waals surface area contributed by atoms with Gasteiger partial charge in [-0.1, -0.05) is 41.4 Å². The van der Waals surface area contributed by atoms with E-state index in [0.29, 0.717) is 58.5 Å². The fourth-order valence-corrected chi connectivity index (χ4v) is 7.17. The third-order valence-electron chi connectivity index (χ3n) is 7.78. The molecule has 3 heterocycles. The Labute approximate surface area is 271 Å². The van der Waals surface area contributed by atoms with Gasteiger partial charge in [0.2, 0.25) is 5.91 Å². The van der Waals surface area contributed by atoms with E-state index in [1.807, 2.05) is 60.8 Å². The number of para-hydroxylation sites is 1. The Morgan fingerprint density at radius 1 is 1.14 bits per heavy atom. The molecule has 1 unspecified atom stereocenters. The number of nitrogens with one attached hydrogen (secondary N) is 1. The fourth-order valence-electron chi connectivity index (χ4n) is 5.69. The maximum absolute atomic E-state index is 13.8. The molecule has 2 aromatic carbocycles. The van der Waals surface area contributed by atoms with E-state index in [-0.39, 0.29) is 42.6 Å². The standard InChI is InChI=1S/C32H36Cl2N4O5S/c1-19(2)43-21-13-29(37-16-22(44-18-37)9-10-31(40)42-4)38(15-21)30(39)12-20-11-26(34)27(14-25(20)33)35-32(41)24-17-36(3)28-8-6-5-7-23(24)28/h5-8,11,14,16-17,19,21,29H,9-10,12-13,15,18H2,1-4H3,(H,35,41)/t21-,29?/m0/s1. The van der Waals surface area contributed by atoms with Crippen LogP contribution in [-0.2, 0) is 32.5 Å². The van der Waals surface area contributed by atoms with Gasteiger partial charge >= 0.3 is 5.97 Å². The van der Waals surface area contributed by atoms with Gasteiger partial charge in [-0.3, -0.25) is 14.4 Å². The fraction of sp³-hybridized carbons (Fsp3) is 0.406. The number of hydrogen-bond donors (Lipinski definition) is 1. The van der Waals surface area contributed by atoms with Crippen LogP contribution < -0.4 is 5.32 Å². The molecular formula is C32H36Cl2N4O5S. The normalized spacial score (nSPS) is 18.3. The van der Waals surface area contributed by atoms with Gasteiger partial charge in [0.25, 0.3) is 5.91 Å². The summed E-state index contributed by atoms with van der Waals surface area (Å²) >= 11 is 14.9. The Morgan fingerprint density at radius 2 is 1.91 bits per heavy atom. The molecule has 0 spiro atoms. The summed E-state index contributed by atoms with van der Waals surface area (Å²) < 4.78 is 12.8. The number of carbonyl (C=O) groups excluding carboxylic acids is 3. The first kappa shape index (κ1) is 32.2. The zero-order valence-electron chi connectivity index (χ0n) is 25.1. The lowest BCUT2D eigenvalue weighted by Gasteiger charge is -2.32. The van der Waals surface area contributed by atoms with E-state index < -0.39 is 0 Å². The highest BCUT2D eigenvalue weighted by atomic mass is 35.5. The number of aryl methyl sites for hydroxylation is 1. The van der Waals surface area contributed by atoms with Crippen molar-refractivity contribution in [3.05, 3.63) is 74.9 Å². The van der Waals surface area contributed by atoms with Crippen molar-refractivity contribution in [2.75, 3.05) is 24.8 Å². The molecule has 3 aromatic rings. The molecule has 5 rings (SSSR count). The topological polar surface area (TPSA) is 93.1 Å². The Morgan fingerprint density at radius 3 is 2.66 bits per heavy atom. The van der Waals surface area contributed by atoms with Crippen LogP contribution in [0, 0.1) is 0 Å². The van der Waals surface area contributed by atoms with Crippen LogP contribution >= 0.6 is 35.0 Å². The largest absolute Gasteiger partial charge is 0.469 e. The van der Waals surface area contributed by atoms with Gasteiger partial charge in [0.1, 0.15) is 6.17 Å². The number of nitrogens with zero attached hydrogens (tertiary/aromatic N) is 3. The molecule has 1 aromatic heterocycles. The highest BCUT2D eigenvalue weighted by molar-refractivity contribution is 8.03. The average Bonchev–Trinajstić information content (AvgIpc) is 3.71. The first-order valence-electron chi connectivity index (χ1n) is 14.5. The highest BCUT2D eigenvalue weighted by Gasteiger charge is 2.40. The molecule has 2 aliphatic rings. The van der Waals surface area contributed by atoms with Gasteiger partial charge in [0, 0.05) is 53.2 Å². The molecule has 2 aliphatic heterocycles. The number of carbonyl (C=O) groups is 3. The van der Waals surface area contributed by atoms with Crippen molar-refractivity contribution in [2.45, 2.75) is 57.9 Å². The monoisotopic (exact) mass is 658 g/mol. The van der Waals surface area contributed by atoms with Crippen molar-refractivity contribution < 1.29 is 23.9 Å². The summed E-state index contributed by atoms with van der Waals surface area (Å²) in [5, 5.41) is 4.34. The summed E-state index contributed by atoms with van der Waals surface area (Å²) in [5.74, 6) is 0.0264. The Balaban J connectivity index is 1.30. The minimum absolute atomic E-state index is 0.0275. The number of aromatic nitrogens is 1. The number of methoxy groups -OCH3 is 1. The van der Waals surface area contributed by atoms with E-state index >= 15 is 0 Å². The molecule has 1 N–H and O–H groups in total. The van der Waals surface area contributed by atoms with E-state index in [1.165, 1.54) is 7.11 Å². The maximum Gasteiger partial charge on any atom is 0.305 e. The van der Waals surface area contributed by atoms with E-state index in [4.69, 9.17) is 32.7 Å². The molecule has 2 atom stereocenters. The summed E-state index contributed by atoms with van der Waals surface area (Å²) in [6.45, 7) is 4.43. The number of halogens is 2. The summed E-state index contributed by atoms with van der Waals surface area (Å²) in [5.41, 5.74) is 2.41. The van der Waals surface area contributed by atoms with Gasteiger partial charge in [0.15, 0.2) is 0 Å². The average molecular weight is 660 g/mol. The number of hydrogen-bond acceptors (Lipinski definition) is 7. The lowest BCUT2D eigenvalue weighted by molar-refractivity contribution is -0.140. The summed E-state index contributed by atoms with van der Waals surface area (Å²) in [4.78, 5) is 43.6. The number of rotatable bonds is 10. The number of allylic oxidation sites excluding steroid dienone is 1. The molecule has 234 valence electrons. The van der Waals surface area contributed by atoms with Gasteiger partial charge < -0.3 is 29.2 Å². The van der Waals surface area contributed by atoms with Crippen LogP contribution in [0.25, 0.3) is 10.9 Å². The number of ether oxygens (including phenoxy) is 2. The molecule has 1 saturated heterocycles. The predicted octanol–water partition coefficient (Wildman–Crippen LogP) is 6.43. The summed E-state index contributed by atoms with van der Waals surface area (Å²) in [6, 6.07) is 10.9. The smallest absolute Gasteiger partial charge is 0.305 e. The Bertz CT molecular complexity index is 1610. The van der Waals surface area contributed by atoms with Gasteiger partial charge in [-0.05, 0) is 44.0 Å². The summed E-state index contributed by atoms with van der Waals surface area (Å²) in [7, 11) is 3.27. The van der Waals surface area contributed by atoms with Crippen LogP contribution in [0.2, 0.25) is 10.0 Å².